The summed E-state index contributed by atoms with van der Waals surface area (Å²) in [5.74, 6) is -0.435. The number of hydrogen-bond donors (Lipinski definition) is 2. The molecule has 0 aliphatic carbocycles. The Morgan fingerprint density at radius 1 is 1.33 bits per heavy atom. The predicted octanol–water partition coefficient (Wildman–Crippen LogP) is 2.70. The highest BCUT2D eigenvalue weighted by Crippen LogP contribution is 2.35. The molecule has 1 aromatic heterocycles. The molecule has 1 heterocycles. The van der Waals surface area contributed by atoms with E-state index in [-0.39, 0.29) is 5.88 Å². The molecule has 2 rings (SSSR count). The van der Waals surface area contributed by atoms with Gasteiger partial charge < -0.3 is 15.8 Å². The molecule has 0 spiro atoms. The maximum atomic E-state index is 11.5. The van der Waals surface area contributed by atoms with Crippen LogP contribution >= 0.6 is 22.9 Å². The number of benzene rings is 1. The number of rotatable bonds is 5. The van der Waals surface area contributed by atoms with Crippen molar-refractivity contribution < 1.29 is 14.3 Å². The molecule has 0 saturated heterocycles. The Bertz CT molecular complexity index is 667. The number of carbonyl (C=O) groups excluding carboxylic acids is 2. The summed E-state index contributed by atoms with van der Waals surface area (Å²) < 4.78 is 5.10. The van der Waals surface area contributed by atoms with Crippen molar-refractivity contribution in [1.82, 2.24) is 0 Å². The minimum absolute atomic E-state index is 0.189. The highest BCUT2D eigenvalue weighted by Gasteiger charge is 2.16. The van der Waals surface area contributed by atoms with Crippen LogP contribution in [0.15, 0.2) is 30.3 Å². The number of halogens is 1. The van der Waals surface area contributed by atoms with E-state index in [0.717, 1.165) is 16.2 Å². The molecule has 1 aromatic carbocycles. The summed E-state index contributed by atoms with van der Waals surface area (Å²) in [4.78, 5) is 24.0. The van der Waals surface area contributed by atoms with Gasteiger partial charge in [-0.2, -0.15) is 0 Å². The lowest BCUT2D eigenvalue weighted by Crippen LogP contribution is -2.16. The largest absolute Gasteiger partial charge is 0.497 e. The summed E-state index contributed by atoms with van der Waals surface area (Å²) in [6, 6.07) is 9.06. The van der Waals surface area contributed by atoms with Crippen molar-refractivity contribution in [2.24, 2.45) is 5.73 Å². The summed E-state index contributed by atoms with van der Waals surface area (Å²) >= 11 is 6.67. The number of anilines is 1. The molecule has 7 heteroatoms. The molecular formula is C14H13ClN2O3S. The molecule has 3 N–H and O–H groups in total. The first kappa shape index (κ1) is 15.3. The maximum absolute atomic E-state index is 11.5. The standard InChI is InChI=1S/C14H13ClN2O3S/c1-20-9-4-2-8(3-5-9)11-6-10(17-12(18)7-15)13(21-11)14(16)19/h2-6H,7H2,1H3,(H2,16,19)(H,17,18). The fourth-order valence-electron chi connectivity index (χ4n) is 1.75. The number of ether oxygens (including phenoxy) is 1. The quantitative estimate of drug-likeness (QED) is 0.830. The highest BCUT2D eigenvalue weighted by molar-refractivity contribution is 7.18. The third-order valence-electron chi connectivity index (χ3n) is 2.73. The maximum Gasteiger partial charge on any atom is 0.260 e. The zero-order valence-electron chi connectivity index (χ0n) is 11.2. The van der Waals surface area contributed by atoms with Crippen LogP contribution < -0.4 is 15.8 Å². The summed E-state index contributed by atoms with van der Waals surface area (Å²) in [6.45, 7) is 0. The molecule has 2 amide bonds. The summed E-state index contributed by atoms with van der Waals surface area (Å²) in [5, 5.41) is 2.57. The highest BCUT2D eigenvalue weighted by atomic mass is 35.5. The summed E-state index contributed by atoms with van der Waals surface area (Å²) in [7, 11) is 1.59. The van der Waals surface area contributed by atoms with E-state index in [2.05, 4.69) is 5.32 Å². The topological polar surface area (TPSA) is 81.4 Å². The van der Waals surface area contributed by atoms with Crippen LogP contribution in [0.25, 0.3) is 10.4 Å². The van der Waals surface area contributed by atoms with Gasteiger partial charge in [0.1, 0.15) is 16.5 Å². The summed E-state index contributed by atoms with van der Waals surface area (Å²) in [5.41, 5.74) is 6.61. The minimum Gasteiger partial charge on any atom is -0.497 e. The van der Waals surface area contributed by atoms with Gasteiger partial charge in [-0.1, -0.05) is 0 Å². The van der Waals surface area contributed by atoms with Gasteiger partial charge in [0.25, 0.3) is 5.91 Å². The predicted molar refractivity (Wildman–Crippen MR) is 84.2 cm³/mol. The Morgan fingerprint density at radius 2 is 2.00 bits per heavy atom. The Morgan fingerprint density at radius 3 is 2.52 bits per heavy atom. The normalized spacial score (nSPS) is 10.2. The second-order valence-electron chi connectivity index (χ2n) is 4.13. The van der Waals surface area contributed by atoms with E-state index >= 15 is 0 Å². The van der Waals surface area contributed by atoms with E-state index in [0.29, 0.717) is 10.6 Å². The molecule has 2 aromatic rings. The van der Waals surface area contributed by atoms with Crippen molar-refractivity contribution in [3.8, 4) is 16.2 Å². The first-order valence-corrected chi connectivity index (χ1v) is 7.34. The Hall–Kier alpha value is -2.05. The Kier molecular flexibility index (Phi) is 4.82. The average Bonchev–Trinajstić information content (AvgIpc) is 2.91. The number of carbonyl (C=O) groups is 2. The summed E-state index contributed by atoms with van der Waals surface area (Å²) in [6.07, 6.45) is 0. The first-order valence-electron chi connectivity index (χ1n) is 5.99. The smallest absolute Gasteiger partial charge is 0.260 e. The molecule has 0 saturated carbocycles. The lowest BCUT2D eigenvalue weighted by Gasteiger charge is -2.01. The number of hydrogen-bond acceptors (Lipinski definition) is 4. The van der Waals surface area contributed by atoms with Crippen molar-refractivity contribution in [2.45, 2.75) is 0 Å². The lowest BCUT2D eigenvalue weighted by atomic mass is 10.2. The molecule has 0 aliphatic rings. The molecule has 0 fully saturated rings. The average molecular weight is 325 g/mol. The molecular weight excluding hydrogens is 312 g/mol. The van der Waals surface area contributed by atoms with E-state index in [1.165, 1.54) is 11.3 Å². The van der Waals surface area contributed by atoms with E-state index < -0.39 is 11.8 Å². The number of amides is 2. The fraction of sp³-hybridized carbons (Fsp3) is 0.143. The van der Waals surface area contributed by atoms with Crippen molar-refractivity contribution in [1.29, 1.82) is 0 Å². The SMILES string of the molecule is COc1ccc(-c2cc(NC(=O)CCl)c(C(N)=O)s2)cc1. The van der Waals surface area contributed by atoms with Gasteiger partial charge in [-0.05, 0) is 35.9 Å². The van der Waals surface area contributed by atoms with Gasteiger partial charge in [0.15, 0.2) is 0 Å². The van der Waals surface area contributed by atoms with Gasteiger partial charge in [0.05, 0.1) is 12.8 Å². The van der Waals surface area contributed by atoms with Gasteiger partial charge >= 0.3 is 0 Å². The zero-order valence-corrected chi connectivity index (χ0v) is 12.8. The zero-order chi connectivity index (χ0) is 15.4. The lowest BCUT2D eigenvalue weighted by molar-refractivity contribution is -0.113. The van der Waals surface area contributed by atoms with Crippen LogP contribution in [0.1, 0.15) is 9.67 Å². The van der Waals surface area contributed by atoms with Crippen LogP contribution in [-0.4, -0.2) is 24.8 Å². The minimum atomic E-state index is -0.593. The van der Waals surface area contributed by atoms with E-state index in [9.17, 15) is 9.59 Å². The molecule has 21 heavy (non-hydrogen) atoms. The van der Waals surface area contributed by atoms with Gasteiger partial charge in [-0.25, -0.2) is 0 Å². The van der Waals surface area contributed by atoms with Gasteiger partial charge in [0, 0.05) is 4.88 Å². The molecule has 0 aliphatic heterocycles. The Balaban J connectivity index is 2.37. The van der Waals surface area contributed by atoms with Crippen LogP contribution in [0, 0.1) is 0 Å². The van der Waals surface area contributed by atoms with Gasteiger partial charge in [-0.15, -0.1) is 22.9 Å². The monoisotopic (exact) mass is 324 g/mol. The molecule has 0 unspecified atom stereocenters. The third kappa shape index (κ3) is 3.53. The molecule has 0 atom stereocenters. The van der Waals surface area contributed by atoms with Gasteiger partial charge in [-0.3, -0.25) is 9.59 Å². The first-order chi connectivity index (χ1) is 10.0. The van der Waals surface area contributed by atoms with Gasteiger partial charge in [0.2, 0.25) is 5.91 Å². The van der Waals surface area contributed by atoms with Crippen molar-refractivity contribution in [3.05, 3.63) is 35.2 Å². The van der Waals surface area contributed by atoms with E-state index in [1.807, 2.05) is 24.3 Å². The van der Waals surface area contributed by atoms with Crippen LogP contribution in [0.3, 0.4) is 0 Å². The Labute approximate surface area is 130 Å². The van der Waals surface area contributed by atoms with Crippen molar-refractivity contribution in [2.75, 3.05) is 18.3 Å². The number of nitrogens with one attached hydrogen (secondary N) is 1. The van der Waals surface area contributed by atoms with E-state index in [4.69, 9.17) is 22.1 Å². The molecule has 5 nitrogen and oxygen atoms in total. The molecule has 0 radical (unpaired) electrons. The van der Waals surface area contributed by atoms with Crippen LogP contribution in [0.4, 0.5) is 5.69 Å². The number of primary amides is 1. The van der Waals surface area contributed by atoms with Crippen LogP contribution in [-0.2, 0) is 4.79 Å². The van der Waals surface area contributed by atoms with Crippen molar-refractivity contribution >= 4 is 40.4 Å². The number of thiophene rings is 1. The fourth-order valence-corrected chi connectivity index (χ4v) is 2.79. The van der Waals surface area contributed by atoms with Crippen LogP contribution in [0.2, 0.25) is 0 Å². The second kappa shape index (κ2) is 6.60. The van der Waals surface area contributed by atoms with Crippen LogP contribution in [0.5, 0.6) is 5.75 Å². The second-order valence-corrected chi connectivity index (χ2v) is 5.45. The third-order valence-corrected chi connectivity index (χ3v) is 4.17. The number of alkyl halides is 1. The molecule has 110 valence electrons. The molecule has 0 bridgehead atoms. The number of methoxy groups -OCH3 is 1. The van der Waals surface area contributed by atoms with Crippen molar-refractivity contribution in [3.63, 3.8) is 0 Å². The van der Waals surface area contributed by atoms with E-state index in [1.54, 1.807) is 13.2 Å². The number of nitrogens with two attached hydrogens (primary N) is 1.